The Kier molecular flexibility index (Phi) is 6.11. The number of benzene rings is 1. The Morgan fingerprint density at radius 3 is 2.52 bits per heavy atom. The zero-order chi connectivity index (χ0) is 21.8. The second kappa shape index (κ2) is 9.11. The van der Waals surface area contributed by atoms with Crippen molar-refractivity contribution < 1.29 is 9.53 Å². The number of amides is 1. The molecule has 0 spiro atoms. The molecule has 9 heteroatoms. The molecule has 0 aliphatic carbocycles. The highest BCUT2D eigenvalue weighted by Gasteiger charge is 2.24. The second-order valence-corrected chi connectivity index (χ2v) is 7.75. The third-order valence-electron chi connectivity index (χ3n) is 5.30. The van der Waals surface area contributed by atoms with E-state index in [1.807, 2.05) is 29.2 Å². The lowest BCUT2D eigenvalue weighted by molar-refractivity contribution is -0.132. The molecule has 3 aromatic rings. The van der Waals surface area contributed by atoms with E-state index in [2.05, 4.69) is 33.8 Å². The van der Waals surface area contributed by atoms with E-state index in [0.29, 0.717) is 38.0 Å². The van der Waals surface area contributed by atoms with Crippen molar-refractivity contribution in [3.05, 3.63) is 48.5 Å². The lowest BCUT2D eigenvalue weighted by Gasteiger charge is -2.34. The average Bonchev–Trinajstić information content (AvgIpc) is 3.24. The number of aromatic nitrogens is 5. The molecule has 1 fully saturated rings. The molecule has 1 aliphatic rings. The molecule has 0 N–H and O–H groups in total. The van der Waals surface area contributed by atoms with Crippen LogP contribution in [-0.2, 0) is 11.3 Å². The van der Waals surface area contributed by atoms with Gasteiger partial charge in [0.05, 0.1) is 7.11 Å². The molecule has 2 aromatic heterocycles. The maximum absolute atomic E-state index is 13.0. The number of piperazine rings is 1. The van der Waals surface area contributed by atoms with Gasteiger partial charge in [-0.15, -0.1) is 0 Å². The summed E-state index contributed by atoms with van der Waals surface area (Å²) in [7, 11) is 1.63. The lowest BCUT2D eigenvalue weighted by atomic mass is 10.2. The van der Waals surface area contributed by atoms with Gasteiger partial charge in [0, 0.05) is 50.1 Å². The van der Waals surface area contributed by atoms with Gasteiger partial charge in [-0.05, 0) is 18.2 Å². The van der Waals surface area contributed by atoms with Crippen molar-refractivity contribution in [2.45, 2.75) is 26.3 Å². The van der Waals surface area contributed by atoms with Gasteiger partial charge in [0.25, 0.3) is 0 Å². The van der Waals surface area contributed by atoms with Crippen LogP contribution in [0, 0.1) is 0 Å². The number of hydrogen-bond donors (Lipinski definition) is 0. The Morgan fingerprint density at radius 2 is 1.84 bits per heavy atom. The van der Waals surface area contributed by atoms with Crippen LogP contribution < -0.4 is 9.64 Å². The minimum absolute atomic E-state index is 0.0395. The summed E-state index contributed by atoms with van der Waals surface area (Å²) < 4.78 is 7.04. The maximum atomic E-state index is 13.0. The van der Waals surface area contributed by atoms with Gasteiger partial charge in [0.2, 0.25) is 11.9 Å². The van der Waals surface area contributed by atoms with E-state index in [4.69, 9.17) is 9.72 Å². The van der Waals surface area contributed by atoms with Crippen LogP contribution in [-0.4, -0.2) is 68.8 Å². The zero-order valence-electron chi connectivity index (χ0n) is 18.1. The molecule has 0 atom stereocenters. The molecule has 3 heterocycles. The maximum Gasteiger partial charge on any atom is 0.244 e. The zero-order valence-corrected chi connectivity index (χ0v) is 18.1. The summed E-state index contributed by atoms with van der Waals surface area (Å²) in [5.74, 6) is 3.03. The van der Waals surface area contributed by atoms with Gasteiger partial charge in [-0.1, -0.05) is 26.0 Å². The van der Waals surface area contributed by atoms with Gasteiger partial charge in [0.1, 0.15) is 18.1 Å². The Labute approximate surface area is 181 Å². The van der Waals surface area contributed by atoms with Crippen molar-refractivity contribution in [1.82, 2.24) is 29.6 Å². The summed E-state index contributed by atoms with van der Waals surface area (Å²) >= 11 is 0. The normalized spacial score (nSPS) is 14.2. The molecule has 162 valence electrons. The third-order valence-corrected chi connectivity index (χ3v) is 5.30. The molecule has 1 aromatic carbocycles. The summed E-state index contributed by atoms with van der Waals surface area (Å²) in [6.45, 7) is 6.96. The average molecular weight is 422 g/mol. The molecule has 1 amide bonds. The van der Waals surface area contributed by atoms with Crippen LogP contribution in [0.3, 0.4) is 0 Å². The first kappa shape index (κ1) is 20.8. The van der Waals surface area contributed by atoms with Crippen molar-refractivity contribution >= 4 is 11.9 Å². The highest BCUT2D eigenvalue weighted by Crippen LogP contribution is 2.23. The van der Waals surface area contributed by atoms with Crippen LogP contribution in [0.4, 0.5) is 5.95 Å². The summed E-state index contributed by atoms with van der Waals surface area (Å²) in [5.41, 5.74) is 0.865. The predicted molar refractivity (Wildman–Crippen MR) is 117 cm³/mol. The van der Waals surface area contributed by atoms with Crippen molar-refractivity contribution in [2.24, 2.45) is 0 Å². The molecule has 1 saturated heterocycles. The predicted octanol–water partition coefficient (Wildman–Crippen LogP) is 2.22. The van der Waals surface area contributed by atoms with E-state index < -0.39 is 0 Å². The molecule has 0 saturated carbocycles. The van der Waals surface area contributed by atoms with Gasteiger partial charge in [0.15, 0.2) is 5.82 Å². The summed E-state index contributed by atoms with van der Waals surface area (Å²) in [4.78, 5) is 30.3. The first-order valence-corrected chi connectivity index (χ1v) is 10.4. The van der Waals surface area contributed by atoms with E-state index in [-0.39, 0.29) is 18.4 Å². The lowest BCUT2D eigenvalue weighted by Crippen LogP contribution is -2.50. The van der Waals surface area contributed by atoms with Crippen molar-refractivity contribution in [3.8, 4) is 17.1 Å². The van der Waals surface area contributed by atoms with Crippen LogP contribution >= 0.6 is 0 Å². The van der Waals surface area contributed by atoms with Crippen LogP contribution in [0.15, 0.2) is 42.7 Å². The van der Waals surface area contributed by atoms with Crippen molar-refractivity contribution in [1.29, 1.82) is 0 Å². The number of methoxy groups -OCH3 is 1. The quantitative estimate of drug-likeness (QED) is 0.603. The monoisotopic (exact) mass is 421 g/mol. The minimum atomic E-state index is 0.0395. The molecule has 31 heavy (non-hydrogen) atoms. The fourth-order valence-corrected chi connectivity index (χ4v) is 3.62. The SMILES string of the molecule is COc1cccc(-c2nc(C(C)C)n(CC(=O)N3CCN(c4ncccn4)CC3)n2)c1. The van der Waals surface area contributed by atoms with Crippen LogP contribution in [0.25, 0.3) is 11.4 Å². The van der Waals surface area contributed by atoms with E-state index >= 15 is 0 Å². The van der Waals surface area contributed by atoms with Gasteiger partial charge < -0.3 is 14.5 Å². The van der Waals surface area contributed by atoms with E-state index in [1.54, 1.807) is 30.3 Å². The topological polar surface area (TPSA) is 89.3 Å². The highest BCUT2D eigenvalue weighted by molar-refractivity contribution is 5.76. The van der Waals surface area contributed by atoms with Crippen molar-refractivity contribution in [2.75, 3.05) is 38.2 Å². The first-order valence-electron chi connectivity index (χ1n) is 10.4. The minimum Gasteiger partial charge on any atom is -0.497 e. The van der Waals surface area contributed by atoms with E-state index in [9.17, 15) is 4.79 Å². The van der Waals surface area contributed by atoms with Crippen LogP contribution in [0.5, 0.6) is 5.75 Å². The number of nitrogens with zero attached hydrogens (tertiary/aromatic N) is 7. The largest absolute Gasteiger partial charge is 0.497 e. The first-order chi connectivity index (χ1) is 15.0. The molecular formula is C22H27N7O2. The highest BCUT2D eigenvalue weighted by atomic mass is 16.5. The molecule has 1 aliphatic heterocycles. The standard InChI is InChI=1S/C22H27N7O2/c1-16(2)21-25-20(17-6-4-7-18(14-17)31-3)26-29(21)15-19(30)27-10-12-28(13-11-27)22-23-8-5-9-24-22/h4-9,14,16H,10-13,15H2,1-3H3. The number of carbonyl (C=O) groups is 1. The fraction of sp³-hybridized carbons (Fsp3) is 0.409. The van der Waals surface area contributed by atoms with Crippen LogP contribution in [0.2, 0.25) is 0 Å². The third kappa shape index (κ3) is 4.65. The number of ether oxygens (including phenoxy) is 1. The fourth-order valence-electron chi connectivity index (χ4n) is 3.62. The van der Waals surface area contributed by atoms with Crippen molar-refractivity contribution in [3.63, 3.8) is 0 Å². The number of anilines is 1. The Balaban J connectivity index is 1.46. The number of rotatable bonds is 6. The molecule has 0 bridgehead atoms. The van der Waals surface area contributed by atoms with Gasteiger partial charge >= 0.3 is 0 Å². The number of carbonyl (C=O) groups excluding carboxylic acids is 1. The molecule has 0 unspecified atom stereocenters. The number of hydrogen-bond acceptors (Lipinski definition) is 7. The summed E-state index contributed by atoms with van der Waals surface area (Å²) in [5, 5.41) is 4.65. The molecular weight excluding hydrogens is 394 g/mol. The van der Waals surface area contributed by atoms with E-state index in [1.165, 1.54) is 0 Å². The van der Waals surface area contributed by atoms with Crippen LogP contribution in [0.1, 0.15) is 25.6 Å². The Morgan fingerprint density at radius 1 is 1.10 bits per heavy atom. The van der Waals surface area contributed by atoms with Gasteiger partial charge in [-0.3, -0.25) is 4.79 Å². The molecule has 4 rings (SSSR count). The summed E-state index contributed by atoms with van der Waals surface area (Å²) in [6, 6.07) is 9.43. The summed E-state index contributed by atoms with van der Waals surface area (Å²) in [6.07, 6.45) is 3.47. The van der Waals surface area contributed by atoms with Gasteiger partial charge in [-0.25, -0.2) is 19.6 Å². The smallest absolute Gasteiger partial charge is 0.244 e. The Bertz CT molecular complexity index is 1030. The second-order valence-electron chi connectivity index (χ2n) is 7.75. The molecule has 0 radical (unpaired) electrons. The van der Waals surface area contributed by atoms with E-state index in [0.717, 1.165) is 17.1 Å². The van der Waals surface area contributed by atoms with Gasteiger partial charge in [-0.2, -0.15) is 5.10 Å². The molecule has 9 nitrogen and oxygen atoms in total. The Hall–Kier alpha value is -3.49.